The van der Waals surface area contributed by atoms with Crippen molar-refractivity contribution in [3.8, 4) is 0 Å². The molecule has 0 aliphatic carbocycles. The molecule has 27 heavy (non-hydrogen) atoms. The fourth-order valence-electron chi connectivity index (χ4n) is 2.45. The summed E-state index contributed by atoms with van der Waals surface area (Å²) in [6.07, 6.45) is 10.2. The molecule has 0 aliphatic heterocycles. The van der Waals surface area contributed by atoms with Crippen LogP contribution in [0.5, 0.6) is 0 Å². The Morgan fingerprint density at radius 1 is 1.11 bits per heavy atom. The van der Waals surface area contributed by atoms with E-state index in [1.807, 2.05) is 13.0 Å². The average molecular weight is 395 g/mol. The van der Waals surface area contributed by atoms with Crippen molar-refractivity contribution in [3.05, 3.63) is 35.5 Å². The van der Waals surface area contributed by atoms with Crippen molar-refractivity contribution in [2.24, 2.45) is 11.8 Å². The highest BCUT2D eigenvalue weighted by Crippen LogP contribution is 2.36. The van der Waals surface area contributed by atoms with E-state index in [1.54, 1.807) is 0 Å². The van der Waals surface area contributed by atoms with Crippen LogP contribution in [-0.4, -0.2) is 28.0 Å². The predicted octanol–water partition coefficient (Wildman–Crippen LogP) is 6.68. The number of carbonyl (C=O) groups is 1. The minimum absolute atomic E-state index is 0.222. The molecule has 0 rings (SSSR count). The zero-order valence-corrected chi connectivity index (χ0v) is 20.3. The second kappa shape index (κ2) is 11.7. The highest BCUT2D eigenvalue weighted by Gasteiger charge is 2.37. The number of methoxy groups -OCH3 is 1. The average Bonchev–Trinajstić information content (AvgIpc) is 2.56. The smallest absolute Gasteiger partial charge is 0.333 e. The summed E-state index contributed by atoms with van der Waals surface area (Å²) < 4.78 is 11.1. The molecular formula is C23H42O3Si. The maximum absolute atomic E-state index is 11.6. The van der Waals surface area contributed by atoms with Crippen LogP contribution in [-0.2, 0) is 14.0 Å². The van der Waals surface area contributed by atoms with E-state index >= 15 is 0 Å². The maximum Gasteiger partial charge on any atom is 0.333 e. The molecule has 4 heteroatoms. The third-order valence-corrected chi connectivity index (χ3v) is 9.76. The van der Waals surface area contributed by atoms with Crippen LogP contribution in [0.1, 0.15) is 61.3 Å². The molecule has 156 valence electrons. The largest absolute Gasteiger partial charge is 0.466 e. The number of carbonyl (C=O) groups excluding carboxylic acids is 1. The molecule has 0 N–H and O–H groups in total. The highest BCUT2D eigenvalue weighted by atomic mass is 28.4. The van der Waals surface area contributed by atoms with E-state index in [0.717, 1.165) is 18.6 Å². The van der Waals surface area contributed by atoms with Crippen molar-refractivity contribution in [3.63, 3.8) is 0 Å². The first-order valence-corrected chi connectivity index (χ1v) is 13.0. The number of hydrogen-bond acceptors (Lipinski definition) is 3. The Balaban J connectivity index is 4.64. The lowest BCUT2D eigenvalue weighted by Crippen LogP contribution is -2.41. The summed E-state index contributed by atoms with van der Waals surface area (Å²) >= 11 is 0. The quantitative estimate of drug-likeness (QED) is 0.179. The van der Waals surface area contributed by atoms with Gasteiger partial charge in [-0.15, -0.1) is 0 Å². The lowest BCUT2D eigenvalue weighted by atomic mass is 10.0. The van der Waals surface area contributed by atoms with Crippen molar-refractivity contribution in [2.75, 3.05) is 13.7 Å². The van der Waals surface area contributed by atoms with Crippen LogP contribution in [0.3, 0.4) is 0 Å². The van der Waals surface area contributed by atoms with Gasteiger partial charge in [0, 0.05) is 12.2 Å². The van der Waals surface area contributed by atoms with Gasteiger partial charge in [0.2, 0.25) is 0 Å². The minimum Gasteiger partial charge on any atom is -0.466 e. The van der Waals surface area contributed by atoms with Gasteiger partial charge in [-0.1, -0.05) is 71.4 Å². The molecule has 0 bridgehead atoms. The summed E-state index contributed by atoms with van der Waals surface area (Å²) in [5.74, 6) is 0.481. The Morgan fingerprint density at radius 3 is 2.19 bits per heavy atom. The van der Waals surface area contributed by atoms with Gasteiger partial charge in [0.05, 0.1) is 7.11 Å². The summed E-state index contributed by atoms with van der Waals surface area (Å²) in [6, 6.07) is 0. The van der Waals surface area contributed by atoms with E-state index in [9.17, 15) is 4.79 Å². The van der Waals surface area contributed by atoms with Crippen molar-refractivity contribution in [1.29, 1.82) is 0 Å². The normalized spacial score (nSPS) is 16.5. The molecular weight excluding hydrogens is 352 g/mol. The summed E-state index contributed by atoms with van der Waals surface area (Å²) in [5, 5.41) is 0.247. The van der Waals surface area contributed by atoms with Crippen LogP contribution in [0.4, 0.5) is 0 Å². The Morgan fingerprint density at radius 2 is 1.70 bits per heavy atom. The Hall–Kier alpha value is -1.13. The number of hydrogen-bond donors (Lipinski definition) is 0. The van der Waals surface area contributed by atoms with Gasteiger partial charge in [-0.05, 0) is 49.7 Å². The second-order valence-corrected chi connectivity index (χ2v) is 13.9. The molecule has 0 saturated heterocycles. The molecule has 0 aromatic heterocycles. The molecule has 0 aromatic rings. The molecule has 0 saturated carbocycles. The SMILES string of the molecule is CC/C(=C/[C@H](C)C/C=C/C(C)=C/[C@@H](C)CO[Si](C)(C)C(C)(C)C)C(=O)OC. The summed E-state index contributed by atoms with van der Waals surface area (Å²) in [7, 11) is -0.251. The molecule has 0 aliphatic rings. The second-order valence-electron chi connectivity index (χ2n) is 9.11. The molecule has 2 atom stereocenters. The maximum atomic E-state index is 11.6. The van der Waals surface area contributed by atoms with Crippen molar-refractivity contribution >= 4 is 14.3 Å². The van der Waals surface area contributed by atoms with Gasteiger partial charge < -0.3 is 9.16 Å². The number of ether oxygens (including phenoxy) is 1. The molecule has 0 heterocycles. The van der Waals surface area contributed by atoms with E-state index in [0.29, 0.717) is 18.3 Å². The van der Waals surface area contributed by atoms with E-state index in [-0.39, 0.29) is 11.0 Å². The zero-order valence-electron chi connectivity index (χ0n) is 19.3. The van der Waals surface area contributed by atoms with Crippen LogP contribution < -0.4 is 0 Å². The lowest BCUT2D eigenvalue weighted by Gasteiger charge is -2.36. The van der Waals surface area contributed by atoms with Crippen molar-refractivity contribution in [1.82, 2.24) is 0 Å². The molecule has 0 spiro atoms. The Labute approximate surface area is 169 Å². The number of esters is 1. The third kappa shape index (κ3) is 10.1. The lowest BCUT2D eigenvalue weighted by molar-refractivity contribution is -0.136. The topological polar surface area (TPSA) is 35.5 Å². The molecule has 0 aromatic carbocycles. The summed E-state index contributed by atoms with van der Waals surface area (Å²) in [4.78, 5) is 11.6. The van der Waals surface area contributed by atoms with Gasteiger partial charge in [0.15, 0.2) is 8.32 Å². The fraction of sp³-hybridized carbons (Fsp3) is 0.696. The van der Waals surface area contributed by atoms with Gasteiger partial charge in [0.25, 0.3) is 0 Å². The van der Waals surface area contributed by atoms with E-state index in [4.69, 9.17) is 9.16 Å². The van der Waals surface area contributed by atoms with Crippen LogP contribution in [0.2, 0.25) is 18.1 Å². The zero-order chi connectivity index (χ0) is 21.3. The fourth-order valence-corrected chi connectivity index (χ4v) is 3.56. The molecule has 0 unspecified atom stereocenters. The Kier molecular flexibility index (Phi) is 11.2. The molecule has 3 nitrogen and oxygen atoms in total. The van der Waals surface area contributed by atoms with Crippen LogP contribution in [0, 0.1) is 11.8 Å². The first kappa shape index (κ1) is 25.9. The van der Waals surface area contributed by atoms with E-state index in [2.05, 4.69) is 72.9 Å². The van der Waals surface area contributed by atoms with Crippen molar-refractivity contribution in [2.45, 2.75) is 79.4 Å². The molecule has 0 amide bonds. The third-order valence-electron chi connectivity index (χ3n) is 5.26. The summed E-state index contributed by atoms with van der Waals surface area (Å²) in [6.45, 7) is 20.6. The van der Waals surface area contributed by atoms with Crippen LogP contribution in [0.15, 0.2) is 35.5 Å². The predicted molar refractivity (Wildman–Crippen MR) is 119 cm³/mol. The standard InChI is InChI=1S/C23H42O3Si/c1-11-21(22(24)25-8)16-19(3)14-12-13-18(2)15-20(4)17-26-27(9,10)23(5,6)7/h12-13,15-16,19-20H,11,14,17H2,1-10H3/b13-12+,18-15+,21-16-/t19-,20-/m1/s1. The molecule has 0 fully saturated rings. The van der Waals surface area contributed by atoms with Crippen molar-refractivity contribution < 1.29 is 14.0 Å². The van der Waals surface area contributed by atoms with Gasteiger partial charge in [-0.2, -0.15) is 0 Å². The minimum atomic E-state index is -1.68. The monoisotopic (exact) mass is 394 g/mol. The number of rotatable bonds is 10. The van der Waals surface area contributed by atoms with Gasteiger partial charge in [-0.25, -0.2) is 4.79 Å². The Bertz CT molecular complexity index is 550. The van der Waals surface area contributed by atoms with Gasteiger partial charge >= 0.3 is 5.97 Å². The van der Waals surface area contributed by atoms with E-state index < -0.39 is 8.32 Å². The van der Waals surface area contributed by atoms with Crippen LogP contribution in [0.25, 0.3) is 0 Å². The van der Waals surface area contributed by atoms with E-state index in [1.165, 1.54) is 12.7 Å². The van der Waals surface area contributed by atoms with Crippen LogP contribution >= 0.6 is 0 Å². The molecule has 0 radical (unpaired) electrons. The number of allylic oxidation sites excluding steroid dienone is 4. The highest BCUT2D eigenvalue weighted by molar-refractivity contribution is 6.74. The first-order valence-electron chi connectivity index (χ1n) is 10.1. The summed E-state index contributed by atoms with van der Waals surface area (Å²) in [5.41, 5.74) is 2.00. The van der Waals surface area contributed by atoms with Gasteiger partial charge in [-0.3, -0.25) is 0 Å². The van der Waals surface area contributed by atoms with Gasteiger partial charge in [0.1, 0.15) is 0 Å². The first-order chi connectivity index (χ1) is 12.3.